The number of aliphatic imine (C=N–C) groups is 1. The van der Waals surface area contributed by atoms with Gasteiger partial charge in [0, 0.05) is 34.4 Å². The van der Waals surface area contributed by atoms with Crippen LogP contribution in [0.5, 0.6) is 0 Å². The molecule has 29 heavy (non-hydrogen) atoms. The third kappa shape index (κ3) is 4.77. The molecular weight excluding hydrogens is 384 g/mol. The quantitative estimate of drug-likeness (QED) is 0.402. The normalized spacial score (nSPS) is 21.6. The van der Waals surface area contributed by atoms with Gasteiger partial charge >= 0.3 is 11.9 Å². The lowest BCUT2D eigenvalue weighted by atomic mass is 10.2. The number of nitrogens with one attached hydrogen (secondary N) is 1. The monoisotopic (exact) mass is 406 g/mol. The van der Waals surface area contributed by atoms with E-state index in [9.17, 15) is 14.4 Å². The Kier molecular flexibility index (Phi) is 5.92. The summed E-state index contributed by atoms with van der Waals surface area (Å²) in [6, 6.07) is 0. The molecule has 3 atom stereocenters. The van der Waals surface area contributed by atoms with Gasteiger partial charge in [0.05, 0.1) is 12.7 Å². The lowest BCUT2D eigenvalue weighted by Gasteiger charge is -2.17. The van der Waals surface area contributed by atoms with Crippen LogP contribution in [0.15, 0.2) is 16.1 Å². The van der Waals surface area contributed by atoms with E-state index < -0.39 is 35.9 Å². The maximum Gasteiger partial charge on any atom is 0.303 e. The first-order valence-electron chi connectivity index (χ1n) is 8.88. The molecule has 0 spiro atoms. The van der Waals surface area contributed by atoms with Crippen LogP contribution in [-0.4, -0.2) is 75.6 Å². The molecule has 0 aromatic carbocycles. The second kappa shape index (κ2) is 8.39. The predicted octanol–water partition coefficient (Wildman–Crippen LogP) is 0.123. The lowest BCUT2D eigenvalue weighted by molar-refractivity contribution is -0.155. The van der Waals surface area contributed by atoms with Crippen molar-refractivity contribution in [3.05, 3.63) is 16.7 Å². The fourth-order valence-corrected chi connectivity index (χ4v) is 2.91. The summed E-state index contributed by atoms with van der Waals surface area (Å²) >= 11 is 0. The van der Waals surface area contributed by atoms with Crippen LogP contribution in [0, 0.1) is 0 Å². The number of H-pyrrole nitrogens is 1. The Morgan fingerprint density at radius 1 is 1.41 bits per heavy atom. The van der Waals surface area contributed by atoms with E-state index >= 15 is 0 Å². The molecule has 0 radical (unpaired) electrons. The third-order valence-electron chi connectivity index (χ3n) is 4.09. The number of imidazole rings is 1. The molecule has 0 amide bonds. The molecule has 0 aliphatic carbocycles. The average Bonchev–Trinajstić information content (AvgIpc) is 3.21. The number of aromatic amines is 1. The highest BCUT2D eigenvalue weighted by molar-refractivity contribution is 5.71. The zero-order chi connectivity index (χ0) is 21.1. The summed E-state index contributed by atoms with van der Waals surface area (Å²) in [5, 5.41) is 0. The highest BCUT2D eigenvalue weighted by Crippen LogP contribution is 2.32. The SMILES string of the molecule is CC(=O)OC[C@H]1O[C@@H](n2cnc3c(=O)[nH]c(N=CN(C)C)nc32)C[C@H]1OC(C)=O. The lowest BCUT2D eigenvalue weighted by Crippen LogP contribution is -2.31. The molecule has 3 heterocycles. The minimum Gasteiger partial charge on any atom is -0.463 e. The van der Waals surface area contributed by atoms with E-state index in [0.717, 1.165) is 0 Å². The van der Waals surface area contributed by atoms with Gasteiger partial charge < -0.3 is 19.1 Å². The van der Waals surface area contributed by atoms with Gasteiger partial charge in [0.2, 0.25) is 5.95 Å². The summed E-state index contributed by atoms with van der Waals surface area (Å²) in [7, 11) is 3.57. The van der Waals surface area contributed by atoms with Crippen molar-refractivity contribution in [2.24, 2.45) is 4.99 Å². The summed E-state index contributed by atoms with van der Waals surface area (Å²) in [4.78, 5) is 51.7. The van der Waals surface area contributed by atoms with E-state index in [1.165, 1.54) is 26.5 Å². The third-order valence-corrected chi connectivity index (χ3v) is 4.09. The van der Waals surface area contributed by atoms with Crippen molar-refractivity contribution in [1.29, 1.82) is 0 Å². The molecule has 1 N–H and O–H groups in total. The van der Waals surface area contributed by atoms with Crippen LogP contribution in [-0.2, 0) is 23.8 Å². The molecule has 2 aromatic heterocycles. The van der Waals surface area contributed by atoms with E-state index in [1.54, 1.807) is 23.6 Å². The number of hydrogen-bond acceptors (Lipinski definition) is 9. The minimum absolute atomic E-state index is 0.0667. The molecule has 1 saturated heterocycles. The number of hydrogen-bond donors (Lipinski definition) is 1. The first kappa shape index (κ1) is 20.5. The number of nitrogens with zero attached hydrogens (tertiary/aromatic N) is 5. The van der Waals surface area contributed by atoms with Crippen LogP contribution in [0.25, 0.3) is 11.2 Å². The second-order valence-corrected chi connectivity index (χ2v) is 6.74. The van der Waals surface area contributed by atoms with Gasteiger partial charge in [-0.2, -0.15) is 4.98 Å². The number of rotatable bonds is 6. The van der Waals surface area contributed by atoms with Crippen molar-refractivity contribution >= 4 is 35.4 Å². The van der Waals surface area contributed by atoms with E-state index in [1.807, 2.05) is 0 Å². The fraction of sp³-hybridized carbons (Fsp3) is 0.529. The summed E-state index contributed by atoms with van der Waals surface area (Å²) < 4.78 is 17.8. The molecule has 0 unspecified atom stereocenters. The molecule has 1 aliphatic rings. The summed E-state index contributed by atoms with van der Waals surface area (Å²) in [5.41, 5.74) is -0.0325. The highest BCUT2D eigenvalue weighted by Gasteiger charge is 2.40. The first-order chi connectivity index (χ1) is 13.7. The molecule has 12 heteroatoms. The van der Waals surface area contributed by atoms with Gasteiger partial charge in [-0.3, -0.25) is 23.9 Å². The van der Waals surface area contributed by atoms with Crippen molar-refractivity contribution in [2.75, 3.05) is 20.7 Å². The molecule has 156 valence electrons. The Hall–Kier alpha value is -3.28. The van der Waals surface area contributed by atoms with Gasteiger partial charge in [0.25, 0.3) is 5.56 Å². The fourth-order valence-electron chi connectivity index (χ4n) is 2.91. The Labute approximate surface area is 165 Å². The zero-order valence-electron chi connectivity index (χ0n) is 16.5. The number of ether oxygens (including phenoxy) is 3. The van der Waals surface area contributed by atoms with Crippen LogP contribution in [0.1, 0.15) is 26.5 Å². The highest BCUT2D eigenvalue weighted by atomic mass is 16.6. The van der Waals surface area contributed by atoms with Crippen LogP contribution in [0.4, 0.5) is 5.95 Å². The van der Waals surface area contributed by atoms with E-state index in [4.69, 9.17) is 14.2 Å². The van der Waals surface area contributed by atoms with Crippen LogP contribution in [0.2, 0.25) is 0 Å². The van der Waals surface area contributed by atoms with Gasteiger partial charge in [-0.05, 0) is 0 Å². The van der Waals surface area contributed by atoms with Gasteiger partial charge in [-0.1, -0.05) is 0 Å². The summed E-state index contributed by atoms with van der Waals surface area (Å²) in [6.07, 6.45) is 1.31. The van der Waals surface area contributed by atoms with Gasteiger partial charge in [0.1, 0.15) is 25.0 Å². The second-order valence-electron chi connectivity index (χ2n) is 6.74. The van der Waals surface area contributed by atoms with Crippen molar-refractivity contribution < 1.29 is 23.8 Å². The van der Waals surface area contributed by atoms with Crippen LogP contribution >= 0.6 is 0 Å². The van der Waals surface area contributed by atoms with E-state index in [-0.39, 0.29) is 30.1 Å². The zero-order valence-corrected chi connectivity index (χ0v) is 16.5. The van der Waals surface area contributed by atoms with Crippen LogP contribution in [0.3, 0.4) is 0 Å². The molecule has 3 rings (SSSR count). The van der Waals surface area contributed by atoms with Crippen molar-refractivity contribution in [2.45, 2.75) is 38.7 Å². The number of carbonyl (C=O) groups is 2. The average molecular weight is 406 g/mol. The van der Waals surface area contributed by atoms with Gasteiger partial charge in [-0.25, -0.2) is 9.98 Å². The molecule has 0 bridgehead atoms. The minimum atomic E-state index is -0.654. The molecule has 12 nitrogen and oxygen atoms in total. The molecule has 1 aliphatic heterocycles. The first-order valence-corrected chi connectivity index (χ1v) is 8.88. The summed E-state index contributed by atoms with van der Waals surface area (Å²) in [5.74, 6) is -0.829. The Bertz CT molecular complexity index is 996. The number of fused-ring (bicyclic) bond motifs is 1. The largest absolute Gasteiger partial charge is 0.463 e. The maximum atomic E-state index is 12.3. The van der Waals surface area contributed by atoms with Crippen molar-refractivity contribution in [1.82, 2.24) is 24.4 Å². The number of aromatic nitrogens is 4. The van der Waals surface area contributed by atoms with E-state index in [0.29, 0.717) is 0 Å². The Morgan fingerprint density at radius 2 is 2.17 bits per heavy atom. The molecule has 0 saturated carbocycles. The number of carbonyl (C=O) groups excluding carboxylic acids is 2. The smallest absolute Gasteiger partial charge is 0.303 e. The maximum absolute atomic E-state index is 12.3. The van der Waals surface area contributed by atoms with Gasteiger partial charge in [0.15, 0.2) is 11.2 Å². The Balaban J connectivity index is 1.91. The summed E-state index contributed by atoms with van der Waals surface area (Å²) in [6.45, 7) is 2.50. The number of esters is 2. The van der Waals surface area contributed by atoms with E-state index in [2.05, 4.69) is 19.9 Å². The van der Waals surface area contributed by atoms with Crippen molar-refractivity contribution in [3.8, 4) is 0 Å². The molecular formula is C17H22N6O6. The Morgan fingerprint density at radius 3 is 2.83 bits per heavy atom. The van der Waals surface area contributed by atoms with Gasteiger partial charge in [-0.15, -0.1) is 0 Å². The standard InChI is InChI=1S/C17H22N6O6/c1-9(24)27-6-12-11(28-10(2)25)5-13(29-12)23-8-18-14-15(23)20-17(21-16(14)26)19-7-22(3)4/h7-8,11-13H,5-6H2,1-4H3,(H,20,21,26)/t11-,12-,13-/m1/s1. The molecule has 2 aromatic rings. The van der Waals surface area contributed by atoms with Crippen LogP contribution < -0.4 is 5.56 Å². The van der Waals surface area contributed by atoms with Crippen molar-refractivity contribution in [3.63, 3.8) is 0 Å². The topological polar surface area (TPSA) is 141 Å². The predicted molar refractivity (Wildman–Crippen MR) is 101 cm³/mol. The molecule has 1 fully saturated rings.